The van der Waals surface area contributed by atoms with Crippen molar-refractivity contribution in [1.29, 1.82) is 0 Å². The van der Waals surface area contributed by atoms with Crippen molar-refractivity contribution in [2.24, 2.45) is 0 Å². The highest BCUT2D eigenvalue weighted by molar-refractivity contribution is 6.33. The van der Waals surface area contributed by atoms with Crippen LogP contribution >= 0.6 is 11.6 Å². The monoisotopic (exact) mass is 237 g/mol. The molecule has 2 aromatic rings. The molecule has 0 radical (unpaired) electrons. The highest BCUT2D eigenvalue weighted by Gasteiger charge is 2.10. The molecule has 1 aromatic carbocycles. The Morgan fingerprint density at radius 1 is 1.31 bits per heavy atom. The van der Waals surface area contributed by atoms with E-state index in [9.17, 15) is 4.39 Å². The van der Waals surface area contributed by atoms with Crippen LogP contribution in [-0.4, -0.2) is 10.1 Å². The number of nitrogens with zero attached hydrogens (tertiary/aromatic N) is 1. The molecule has 4 heteroatoms. The van der Waals surface area contributed by atoms with Gasteiger partial charge in [-0.15, -0.1) is 0 Å². The Labute approximate surface area is 97.3 Å². The van der Waals surface area contributed by atoms with E-state index in [0.717, 1.165) is 0 Å². The molecule has 0 aliphatic heterocycles. The standard InChI is InChI=1S/C12H9ClFNO/c13-10-5-8(7-16)6-15-12(10)9-3-1-2-4-11(9)14/h1-6,16H,7H2. The molecule has 82 valence electrons. The molecule has 2 rings (SSSR count). The number of halogens is 2. The second-order valence-corrected chi connectivity index (χ2v) is 3.72. The summed E-state index contributed by atoms with van der Waals surface area (Å²) < 4.78 is 13.5. The van der Waals surface area contributed by atoms with Crippen LogP contribution in [0.5, 0.6) is 0 Å². The van der Waals surface area contributed by atoms with Gasteiger partial charge in [-0.3, -0.25) is 4.98 Å². The van der Waals surface area contributed by atoms with Crippen molar-refractivity contribution < 1.29 is 9.50 Å². The fourth-order valence-corrected chi connectivity index (χ4v) is 1.71. The maximum absolute atomic E-state index is 13.5. The Morgan fingerprint density at radius 2 is 2.06 bits per heavy atom. The third kappa shape index (κ3) is 2.05. The third-order valence-electron chi connectivity index (χ3n) is 2.21. The zero-order valence-electron chi connectivity index (χ0n) is 8.32. The Bertz CT molecular complexity index is 516. The summed E-state index contributed by atoms with van der Waals surface area (Å²) in [5.74, 6) is -0.367. The van der Waals surface area contributed by atoms with E-state index in [4.69, 9.17) is 16.7 Å². The molecule has 0 saturated heterocycles. The van der Waals surface area contributed by atoms with Crippen molar-refractivity contribution in [3.05, 3.63) is 52.9 Å². The lowest BCUT2D eigenvalue weighted by molar-refractivity contribution is 0.281. The first kappa shape index (κ1) is 11.0. The van der Waals surface area contributed by atoms with E-state index in [2.05, 4.69) is 4.98 Å². The van der Waals surface area contributed by atoms with Gasteiger partial charge in [-0.25, -0.2) is 4.39 Å². The minimum atomic E-state index is -0.367. The van der Waals surface area contributed by atoms with Crippen LogP contribution in [0.15, 0.2) is 36.5 Å². The summed E-state index contributed by atoms with van der Waals surface area (Å²) in [7, 11) is 0. The Balaban J connectivity index is 2.53. The van der Waals surface area contributed by atoms with Gasteiger partial charge in [0.2, 0.25) is 0 Å². The molecule has 0 spiro atoms. The van der Waals surface area contributed by atoms with Gasteiger partial charge in [0.25, 0.3) is 0 Å². The van der Waals surface area contributed by atoms with Crippen molar-refractivity contribution in [3.8, 4) is 11.3 Å². The lowest BCUT2D eigenvalue weighted by atomic mass is 10.1. The quantitative estimate of drug-likeness (QED) is 0.871. The van der Waals surface area contributed by atoms with Crippen molar-refractivity contribution in [2.75, 3.05) is 0 Å². The Kier molecular flexibility index (Phi) is 3.17. The second-order valence-electron chi connectivity index (χ2n) is 3.31. The second kappa shape index (κ2) is 4.60. The number of aromatic nitrogens is 1. The first-order valence-corrected chi connectivity index (χ1v) is 5.10. The molecule has 0 aliphatic rings. The van der Waals surface area contributed by atoms with Crippen LogP contribution in [0.1, 0.15) is 5.56 Å². The number of hydrogen-bond donors (Lipinski definition) is 1. The van der Waals surface area contributed by atoms with Gasteiger partial charge in [0.1, 0.15) is 5.82 Å². The number of aliphatic hydroxyl groups is 1. The van der Waals surface area contributed by atoms with E-state index in [0.29, 0.717) is 21.8 Å². The van der Waals surface area contributed by atoms with Gasteiger partial charge < -0.3 is 5.11 Å². The molecular formula is C12H9ClFNO. The van der Waals surface area contributed by atoms with E-state index >= 15 is 0 Å². The van der Waals surface area contributed by atoms with E-state index in [1.54, 1.807) is 24.3 Å². The first-order valence-electron chi connectivity index (χ1n) is 4.72. The molecule has 1 aromatic heterocycles. The minimum Gasteiger partial charge on any atom is -0.392 e. The zero-order valence-corrected chi connectivity index (χ0v) is 9.08. The molecule has 0 unspecified atom stereocenters. The molecule has 0 amide bonds. The highest BCUT2D eigenvalue weighted by atomic mass is 35.5. The van der Waals surface area contributed by atoms with E-state index < -0.39 is 0 Å². The molecule has 16 heavy (non-hydrogen) atoms. The van der Waals surface area contributed by atoms with Gasteiger partial charge in [-0.05, 0) is 23.8 Å². The van der Waals surface area contributed by atoms with Crippen LogP contribution in [0.2, 0.25) is 5.02 Å². The predicted octanol–water partition coefficient (Wildman–Crippen LogP) is 3.03. The number of benzene rings is 1. The zero-order chi connectivity index (χ0) is 11.5. The lowest BCUT2D eigenvalue weighted by Gasteiger charge is -2.05. The van der Waals surface area contributed by atoms with Crippen LogP contribution in [0.3, 0.4) is 0 Å². The fraction of sp³-hybridized carbons (Fsp3) is 0.0833. The summed E-state index contributed by atoms with van der Waals surface area (Å²) in [5, 5.41) is 9.24. The van der Waals surface area contributed by atoms with Crippen molar-refractivity contribution in [2.45, 2.75) is 6.61 Å². The smallest absolute Gasteiger partial charge is 0.132 e. The SMILES string of the molecule is OCc1cnc(-c2ccccc2F)c(Cl)c1. The summed E-state index contributed by atoms with van der Waals surface area (Å²) in [6, 6.07) is 7.87. The molecular weight excluding hydrogens is 229 g/mol. The van der Waals surface area contributed by atoms with Gasteiger partial charge in [0, 0.05) is 11.8 Å². The van der Waals surface area contributed by atoms with Crippen molar-refractivity contribution in [3.63, 3.8) is 0 Å². The maximum Gasteiger partial charge on any atom is 0.132 e. The minimum absolute atomic E-state index is 0.135. The maximum atomic E-state index is 13.5. The van der Waals surface area contributed by atoms with Crippen LogP contribution in [-0.2, 0) is 6.61 Å². The summed E-state index contributed by atoms with van der Waals surface area (Å²) >= 11 is 5.97. The van der Waals surface area contributed by atoms with Gasteiger partial charge in [-0.2, -0.15) is 0 Å². The summed E-state index contributed by atoms with van der Waals surface area (Å²) in [4.78, 5) is 4.05. The number of rotatable bonds is 2. The van der Waals surface area contributed by atoms with Gasteiger partial charge in [0.15, 0.2) is 0 Å². The van der Waals surface area contributed by atoms with Crippen LogP contribution < -0.4 is 0 Å². The average molecular weight is 238 g/mol. The largest absolute Gasteiger partial charge is 0.392 e. The highest BCUT2D eigenvalue weighted by Crippen LogP contribution is 2.28. The molecule has 0 atom stereocenters. The number of aliphatic hydroxyl groups excluding tert-OH is 1. The first-order chi connectivity index (χ1) is 7.72. The third-order valence-corrected chi connectivity index (χ3v) is 2.50. The summed E-state index contributed by atoms with van der Waals surface area (Å²) in [6.45, 7) is -0.135. The van der Waals surface area contributed by atoms with Crippen LogP contribution in [0.4, 0.5) is 4.39 Å². The molecule has 0 aliphatic carbocycles. The Morgan fingerprint density at radius 3 is 2.69 bits per heavy atom. The summed E-state index contributed by atoms with van der Waals surface area (Å²) in [6.07, 6.45) is 1.48. The normalized spacial score (nSPS) is 10.4. The average Bonchev–Trinajstić information content (AvgIpc) is 2.30. The van der Waals surface area contributed by atoms with Crippen molar-refractivity contribution in [1.82, 2.24) is 4.98 Å². The van der Waals surface area contributed by atoms with E-state index in [1.165, 1.54) is 12.3 Å². The van der Waals surface area contributed by atoms with Crippen LogP contribution in [0.25, 0.3) is 11.3 Å². The molecule has 0 fully saturated rings. The predicted molar refractivity (Wildman–Crippen MR) is 60.6 cm³/mol. The number of pyridine rings is 1. The molecule has 1 heterocycles. The van der Waals surface area contributed by atoms with E-state index in [-0.39, 0.29) is 12.4 Å². The van der Waals surface area contributed by atoms with Crippen LogP contribution in [0, 0.1) is 5.82 Å². The lowest BCUT2D eigenvalue weighted by Crippen LogP contribution is -1.92. The molecule has 0 bridgehead atoms. The van der Waals surface area contributed by atoms with E-state index in [1.807, 2.05) is 0 Å². The molecule has 0 saturated carbocycles. The van der Waals surface area contributed by atoms with Gasteiger partial charge in [0.05, 0.1) is 17.3 Å². The topological polar surface area (TPSA) is 33.1 Å². The summed E-state index contributed by atoms with van der Waals surface area (Å²) in [5.41, 5.74) is 1.35. The molecule has 2 nitrogen and oxygen atoms in total. The fourth-order valence-electron chi connectivity index (χ4n) is 1.42. The van der Waals surface area contributed by atoms with Gasteiger partial charge >= 0.3 is 0 Å². The Hall–Kier alpha value is -1.45. The molecule has 1 N–H and O–H groups in total. The van der Waals surface area contributed by atoms with Crippen molar-refractivity contribution >= 4 is 11.6 Å². The van der Waals surface area contributed by atoms with Gasteiger partial charge in [-0.1, -0.05) is 23.7 Å². The number of hydrogen-bond acceptors (Lipinski definition) is 2.